The second-order valence-corrected chi connectivity index (χ2v) is 10.0. The zero-order valence-electron chi connectivity index (χ0n) is 19.7. The Morgan fingerprint density at radius 1 is 1.00 bits per heavy atom. The van der Waals surface area contributed by atoms with Gasteiger partial charge in [-0.2, -0.15) is 0 Å². The number of hydrogen-bond donors (Lipinski definition) is 2. The van der Waals surface area contributed by atoms with Crippen LogP contribution in [0.2, 0.25) is 0 Å². The molecule has 33 heavy (non-hydrogen) atoms. The molecule has 0 aliphatic rings. The van der Waals surface area contributed by atoms with Crippen LogP contribution in [0.15, 0.2) is 47.4 Å². The first-order valence-corrected chi connectivity index (χ1v) is 12.2. The molecule has 0 heterocycles. The van der Waals surface area contributed by atoms with Gasteiger partial charge in [-0.25, -0.2) is 13.2 Å². The highest BCUT2D eigenvalue weighted by molar-refractivity contribution is 7.92. The lowest BCUT2D eigenvalue weighted by Crippen LogP contribution is -2.36. The van der Waals surface area contributed by atoms with Crippen molar-refractivity contribution in [3.63, 3.8) is 0 Å². The normalized spacial score (nSPS) is 12.2. The Bertz CT molecular complexity index is 1060. The average Bonchev–Trinajstić information content (AvgIpc) is 2.77. The first kappa shape index (κ1) is 26.2. The zero-order valence-corrected chi connectivity index (χ0v) is 20.5. The van der Waals surface area contributed by atoms with Gasteiger partial charge >= 0.3 is 5.97 Å². The molecule has 2 rings (SSSR count). The molecular formula is C24H32N2O6S. The number of benzene rings is 2. The van der Waals surface area contributed by atoms with Crippen LogP contribution in [0.5, 0.6) is 5.75 Å². The molecule has 180 valence electrons. The second kappa shape index (κ2) is 11.7. The van der Waals surface area contributed by atoms with Crippen LogP contribution < -0.4 is 14.8 Å². The van der Waals surface area contributed by atoms with E-state index in [2.05, 4.69) is 23.9 Å². The third kappa shape index (κ3) is 8.09. The van der Waals surface area contributed by atoms with E-state index in [1.807, 2.05) is 13.8 Å². The van der Waals surface area contributed by atoms with Gasteiger partial charge in [0.25, 0.3) is 15.9 Å². The molecule has 8 nitrogen and oxygen atoms in total. The summed E-state index contributed by atoms with van der Waals surface area (Å²) < 4.78 is 38.6. The highest BCUT2D eigenvalue weighted by Crippen LogP contribution is 2.27. The summed E-state index contributed by atoms with van der Waals surface area (Å²) in [5, 5.41) is 2.79. The molecule has 1 unspecified atom stereocenters. The molecule has 2 aromatic rings. The molecule has 0 aliphatic heterocycles. The van der Waals surface area contributed by atoms with E-state index in [0.29, 0.717) is 11.6 Å². The maximum absolute atomic E-state index is 12.9. The average molecular weight is 477 g/mol. The van der Waals surface area contributed by atoms with E-state index in [0.717, 1.165) is 18.4 Å². The Hall–Kier alpha value is -3.07. The number of carbonyl (C=O) groups excluding carboxylic acids is 2. The molecule has 2 aromatic carbocycles. The van der Waals surface area contributed by atoms with Crippen LogP contribution in [-0.4, -0.2) is 40.1 Å². The Morgan fingerprint density at radius 3 is 2.27 bits per heavy atom. The number of sulfonamides is 1. The number of rotatable bonds is 11. The summed E-state index contributed by atoms with van der Waals surface area (Å²) in [6.45, 7) is 7.54. The van der Waals surface area contributed by atoms with Gasteiger partial charge in [-0.3, -0.25) is 9.52 Å². The molecule has 0 saturated heterocycles. The predicted octanol–water partition coefficient (Wildman–Crippen LogP) is 3.90. The number of carbonyl (C=O) groups is 2. The predicted molar refractivity (Wildman–Crippen MR) is 127 cm³/mol. The molecule has 0 aromatic heterocycles. The molecule has 0 radical (unpaired) electrons. The SMILES string of the molecule is COc1ccc(C(=O)OCC(=O)NC(C)CCC(C)C)cc1S(=O)(=O)Nc1ccc(C)cc1. The maximum atomic E-state index is 12.9. The summed E-state index contributed by atoms with van der Waals surface area (Å²) in [4.78, 5) is 24.3. The van der Waals surface area contributed by atoms with E-state index in [4.69, 9.17) is 9.47 Å². The van der Waals surface area contributed by atoms with Crippen molar-refractivity contribution in [2.24, 2.45) is 5.92 Å². The van der Waals surface area contributed by atoms with Crippen molar-refractivity contribution in [1.29, 1.82) is 0 Å². The maximum Gasteiger partial charge on any atom is 0.338 e. The van der Waals surface area contributed by atoms with Gasteiger partial charge < -0.3 is 14.8 Å². The molecule has 9 heteroatoms. The minimum Gasteiger partial charge on any atom is -0.495 e. The molecule has 0 bridgehead atoms. The fourth-order valence-electron chi connectivity index (χ4n) is 3.03. The lowest BCUT2D eigenvalue weighted by molar-refractivity contribution is -0.124. The van der Waals surface area contributed by atoms with E-state index in [1.165, 1.54) is 25.3 Å². The van der Waals surface area contributed by atoms with Crippen molar-refractivity contribution in [2.45, 2.75) is 51.5 Å². The Labute approximate surface area is 195 Å². The first-order valence-electron chi connectivity index (χ1n) is 10.8. The van der Waals surface area contributed by atoms with Crippen LogP contribution in [0.1, 0.15) is 49.5 Å². The summed E-state index contributed by atoms with van der Waals surface area (Å²) in [6, 6.07) is 10.7. The molecule has 0 fully saturated rings. The van der Waals surface area contributed by atoms with E-state index in [9.17, 15) is 18.0 Å². The number of anilines is 1. The minimum absolute atomic E-state index is 0.0132. The van der Waals surface area contributed by atoms with Gasteiger partial charge in [-0.15, -0.1) is 0 Å². The Balaban J connectivity index is 2.09. The summed E-state index contributed by atoms with van der Waals surface area (Å²) in [7, 11) is -2.71. The van der Waals surface area contributed by atoms with Crippen LogP contribution in [0.25, 0.3) is 0 Å². The fourth-order valence-corrected chi connectivity index (χ4v) is 4.29. The van der Waals surface area contributed by atoms with Crippen molar-refractivity contribution < 1.29 is 27.5 Å². The van der Waals surface area contributed by atoms with Crippen LogP contribution in [0.3, 0.4) is 0 Å². The topological polar surface area (TPSA) is 111 Å². The summed E-state index contributed by atoms with van der Waals surface area (Å²) >= 11 is 0. The van der Waals surface area contributed by atoms with Gasteiger partial charge in [0.2, 0.25) is 0 Å². The smallest absolute Gasteiger partial charge is 0.338 e. The molecule has 2 N–H and O–H groups in total. The number of aryl methyl sites for hydroxylation is 1. The molecule has 0 spiro atoms. The minimum atomic E-state index is -4.05. The van der Waals surface area contributed by atoms with E-state index >= 15 is 0 Å². The van der Waals surface area contributed by atoms with Gasteiger partial charge in [0.05, 0.1) is 12.7 Å². The van der Waals surface area contributed by atoms with Crippen molar-refractivity contribution in [1.82, 2.24) is 5.32 Å². The molecule has 1 amide bonds. The summed E-state index contributed by atoms with van der Waals surface area (Å²) in [5.74, 6) is -0.623. The second-order valence-electron chi connectivity index (χ2n) is 8.35. The number of methoxy groups -OCH3 is 1. The van der Waals surface area contributed by atoms with Crippen LogP contribution in [0, 0.1) is 12.8 Å². The Morgan fingerprint density at radius 2 is 1.67 bits per heavy atom. The number of nitrogens with one attached hydrogen (secondary N) is 2. The molecular weight excluding hydrogens is 444 g/mol. The van der Waals surface area contributed by atoms with Crippen LogP contribution >= 0.6 is 0 Å². The lowest BCUT2D eigenvalue weighted by atomic mass is 10.0. The Kier molecular flexibility index (Phi) is 9.28. The summed E-state index contributed by atoms with van der Waals surface area (Å²) in [6.07, 6.45) is 1.80. The van der Waals surface area contributed by atoms with Gasteiger partial charge in [0.1, 0.15) is 10.6 Å². The fraction of sp³-hybridized carbons (Fsp3) is 0.417. The zero-order chi connectivity index (χ0) is 24.6. The van der Waals surface area contributed by atoms with Crippen LogP contribution in [0.4, 0.5) is 5.69 Å². The van der Waals surface area contributed by atoms with Gasteiger partial charge in [0.15, 0.2) is 6.61 Å². The number of esters is 1. The lowest BCUT2D eigenvalue weighted by Gasteiger charge is -2.15. The third-order valence-electron chi connectivity index (χ3n) is 4.91. The first-order chi connectivity index (χ1) is 15.5. The summed E-state index contributed by atoms with van der Waals surface area (Å²) in [5.41, 5.74) is 1.35. The van der Waals surface area contributed by atoms with Crippen molar-refractivity contribution in [3.8, 4) is 5.75 Å². The standard InChI is InChI=1S/C24H32N2O6S/c1-16(2)6-9-18(4)25-23(27)15-32-24(28)19-10-13-21(31-5)22(14-19)33(29,30)26-20-11-7-17(3)8-12-20/h7-8,10-14,16,18,26H,6,9,15H2,1-5H3,(H,25,27). The van der Waals surface area contributed by atoms with Gasteiger partial charge in [0, 0.05) is 11.7 Å². The van der Waals surface area contributed by atoms with Gasteiger partial charge in [-0.05, 0) is 62.9 Å². The van der Waals surface area contributed by atoms with E-state index in [-0.39, 0.29) is 22.3 Å². The van der Waals surface area contributed by atoms with Crippen molar-refractivity contribution in [3.05, 3.63) is 53.6 Å². The van der Waals surface area contributed by atoms with Crippen LogP contribution in [-0.2, 0) is 19.6 Å². The number of ether oxygens (including phenoxy) is 2. The number of amides is 1. The van der Waals surface area contributed by atoms with Crippen molar-refractivity contribution >= 4 is 27.6 Å². The van der Waals surface area contributed by atoms with Crippen molar-refractivity contribution in [2.75, 3.05) is 18.4 Å². The molecule has 0 aliphatic carbocycles. The molecule has 0 saturated carbocycles. The van der Waals surface area contributed by atoms with E-state index < -0.39 is 28.5 Å². The highest BCUT2D eigenvalue weighted by atomic mass is 32.2. The monoisotopic (exact) mass is 476 g/mol. The number of hydrogen-bond acceptors (Lipinski definition) is 6. The molecule has 1 atom stereocenters. The van der Waals surface area contributed by atoms with E-state index in [1.54, 1.807) is 24.3 Å². The highest BCUT2D eigenvalue weighted by Gasteiger charge is 2.23. The quantitative estimate of drug-likeness (QED) is 0.476. The third-order valence-corrected chi connectivity index (χ3v) is 6.31. The largest absolute Gasteiger partial charge is 0.495 e. The van der Waals surface area contributed by atoms with Gasteiger partial charge in [-0.1, -0.05) is 31.5 Å².